The molecule has 1 aromatic heterocycles. The van der Waals surface area contributed by atoms with Crippen LogP contribution in [0, 0.1) is 5.82 Å². The maximum Gasteiger partial charge on any atom is 0.335 e. The van der Waals surface area contributed by atoms with Crippen molar-refractivity contribution in [1.29, 1.82) is 0 Å². The van der Waals surface area contributed by atoms with Gasteiger partial charge >= 0.3 is 5.97 Å². The Morgan fingerprint density at radius 2 is 1.85 bits per heavy atom. The Morgan fingerprint density at radius 1 is 1.10 bits per heavy atom. The number of nitrogens with zero attached hydrogens (tertiary/aromatic N) is 4. The summed E-state index contributed by atoms with van der Waals surface area (Å²) in [4.78, 5) is 39.9. The van der Waals surface area contributed by atoms with E-state index in [2.05, 4.69) is 15.6 Å². The third kappa shape index (κ3) is 4.97. The smallest absolute Gasteiger partial charge is 0.335 e. The molecule has 0 fully saturated rings. The quantitative estimate of drug-likeness (QED) is 0.334. The number of nitrogens with one attached hydrogen (secondary N) is 1. The highest BCUT2D eigenvalue weighted by Gasteiger charge is 2.38. The molecule has 3 aromatic carbocycles. The van der Waals surface area contributed by atoms with Crippen molar-refractivity contribution in [3.63, 3.8) is 0 Å². The van der Waals surface area contributed by atoms with Gasteiger partial charge in [0.15, 0.2) is 11.5 Å². The van der Waals surface area contributed by atoms with Gasteiger partial charge in [-0.05, 0) is 59.5 Å². The van der Waals surface area contributed by atoms with Crippen LogP contribution in [0.4, 0.5) is 10.1 Å². The molecule has 4 aromatic rings. The summed E-state index contributed by atoms with van der Waals surface area (Å²) in [6, 6.07) is 14.4. The van der Waals surface area contributed by atoms with E-state index >= 15 is 0 Å². The number of carbonyl (C=O) groups excluding carboxylic acids is 2. The summed E-state index contributed by atoms with van der Waals surface area (Å²) >= 11 is 5.88. The minimum Gasteiger partial charge on any atom is -0.478 e. The number of carbonyl (C=O) groups is 3. The first-order valence-corrected chi connectivity index (χ1v) is 12.3. The molecule has 2 amide bonds. The molecule has 12 heteroatoms. The summed E-state index contributed by atoms with van der Waals surface area (Å²) in [7, 11) is 0. The number of carboxylic acids is 1. The predicted octanol–water partition coefficient (Wildman–Crippen LogP) is 3.60. The fourth-order valence-electron chi connectivity index (χ4n) is 4.64. The number of amides is 2. The Bertz CT molecular complexity index is 1590. The van der Waals surface area contributed by atoms with Crippen LogP contribution in [0.2, 0.25) is 5.02 Å². The zero-order chi connectivity index (χ0) is 27.7. The zero-order valence-electron chi connectivity index (χ0n) is 20.3. The van der Waals surface area contributed by atoms with Crippen LogP contribution >= 0.6 is 11.6 Å². The standard InChI is InChI=1S/C27H22ClFN6O4/c28-20-5-2-6-22(23(20)29)35-14-21(32-33-35)26(37)34-12-11-18-16(13-30)3-1-4-19(18)24(34)25(36)31-17-9-7-15(8-10-17)27(38)39/h1-10,14,24H,11-13,30H2,(H,31,36)(H,38,39). The Morgan fingerprint density at radius 3 is 2.56 bits per heavy atom. The van der Waals surface area contributed by atoms with Gasteiger partial charge in [-0.2, -0.15) is 0 Å². The zero-order valence-corrected chi connectivity index (χ0v) is 21.1. The van der Waals surface area contributed by atoms with Crippen LogP contribution in [0.3, 0.4) is 0 Å². The Balaban J connectivity index is 1.49. The van der Waals surface area contributed by atoms with Gasteiger partial charge in [0, 0.05) is 18.8 Å². The average molecular weight is 549 g/mol. The lowest BCUT2D eigenvalue weighted by Gasteiger charge is -2.36. The molecule has 0 spiro atoms. The highest BCUT2D eigenvalue weighted by Crippen LogP contribution is 2.34. The molecule has 0 radical (unpaired) electrons. The number of hydrogen-bond donors (Lipinski definition) is 3. The fraction of sp³-hybridized carbons (Fsp3) is 0.148. The van der Waals surface area contributed by atoms with E-state index in [0.29, 0.717) is 17.7 Å². The van der Waals surface area contributed by atoms with E-state index in [9.17, 15) is 18.8 Å². The summed E-state index contributed by atoms with van der Waals surface area (Å²) in [5.74, 6) is -2.88. The number of fused-ring (bicyclic) bond motifs is 1. The lowest BCUT2D eigenvalue weighted by molar-refractivity contribution is -0.121. The third-order valence-corrected chi connectivity index (χ3v) is 6.83. The van der Waals surface area contributed by atoms with Gasteiger partial charge in [-0.1, -0.05) is 41.1 Å². The second kappa shape index (κ2) is 10.6. The lowest BCUT2D eigenvalue weighted by Crippen LogP contribution is -2.45. The van der Waals surface area contributed by atoms with Crippen LogP contribution in [0.1, 0.15) is 43.6 Å². The van der Waals surface area contributed by atoms with Crippen LogP contribution in [0.5, 0.6) is 0 Å². The van der Waals surface area contributed by atoms with E-state index in [-0.39, 0.29) is 35.1 Å². The molecule has 1 unspecified atom stereocenters. The van der Waals surface area contributed by atoms with Gasteiger partial charge in [0.05, 0.1) is 16.8 Å². The molecule has 1 aliphatic rings. The van der Waals surface area contributed by atoms with E-state index in [4.69, 9.17) is 22.4 Å². The molecular formula is C27H22ClFN6O4. The van der Waals surface area contributed by atoms with E-state index in [1.165, 1.54) is 47.5 Å². The number of nitrogens with two attached hydrogens (primary N) is 1. The van der Waals surface area contributed by atoms with Gasteiger partial charge in [-0.15, -0.1) is 5.10 Å². The van der Waals surface area contributed by atoms with Crippen molar-refractivity contribution in [2.24, 2.45) is 5.73 Å². The number of halogens is 2. The number of aromatic nitrogens is 3. The van der Waals surface area contributed by atoms with E-state index < -0.39 is 29.6 Å². The van der Waals surface area contributed by atoms with Gasteiger partial charge in [0.2, 0.25) is 0 Å². The van der Waals surface area contributed by atoms with Gasteiger partial charge in [0.25, 0.3) is 11.8 Å². The molecule has 2 heterocycles. The van der Waals surface area contributed by atoms with Crippen LogP contribution < -0.4 is 11.1 Å². The fourth-order valence-corrected chi connectivity index (χ4v) is 4.81. The summed E-state index contributed by atoms with van der Waals surface area (Å²) in [5, 5.41) is 19.6. The second-order valence-electron chi connectivity index (χ2n) is 8.83. The van der Waals surface area contributed by atoms with Crippen LogP contribution in [-0.2, 0) is 17.8 Å². The van der Waals surface area contributed by atoms with Crippen molar-refractivity contribution in [3.05, 3.63) is 106 Å². The Kier molecular flexibility index (Phi) is 7.09. The first-order valence-electron chi connectivity index (χ1n) is 11.9. The molecule has 1 atom stereocenters. The summed E-state index contributed by atoms with van der Waals surface area (Å²) in [6.07, 6.45) is 1.74. The maximum absolute atomic E-state index is 14.5. The normalized spacial score (nSPS) is 14.5. The molecule has 0 aliphatic carbocycles. The van der Waals surface area contributed by atoms with Crippen LogP contribution in [-0.4, -0.2) is 49.3 Å². The summed E-state index contributed by atoms with van der Waals surface area (Å²) in [6.45, 7) is 0.457. The first kappa shape index (κ1) is 26.0. The Hall–Kier alpha value is -4.61. The first-order chi connectivity index (χ1) is 18.8. The summed E-state index contributed by atoms with van der Waals surface area (Å²) < 4.78 is 15.6. The molecular weight excluding hydrogens is 527 g/mol. The minimum atomic E-state index is -1.09. The maximum atomic E-state index is 14.5. The number of aromatic carboxylic acids is 1. The number of anilines is 1. The minimum absolute atomic E-state index is 0.0183. The van der Waals surface area contributed by atoms with E-state index in [1.807, 2.05) is 6.07 Å². The van der Waals surface area contributed by atoms with Crippen molar-refractivity contribution in [2.45, 2.75) is 19.0 Å². The number of rotatable bonds is 6. The molecule has 5 rings (SSSR count). The molecule has 0 saturated carbocycles. The van der Waals surface area contributed by atoms with Gasteiger partial charge < -0.3 is 21.1 Å². The SMILES string of the molecule is NCc1cccc2c1CCN(C(=O)c1cn(-c3cccc(Cl)c3F)nn1)C2C(=O)Nc1ccc(C(=O)O)cc1. The predicted molar refractivity (Wildman–Crippen MR) is 140 cm³/mol. The van der Waals surface area contributed by atoms with Crippen molar-refractivity contribution >= 4 is 35.1 Å². The summed E-state index contributed by atoms with van der Waals surface area (Å²) in [5.41, 5.74) is 8.66. The van der Waals surface area contributed by atoms with Gasteiger partial charge in [-0.3, -0.25) is 9.59 Å². The number of benzene rings is 3. The monoisotopic (exact) mass is 548 g/mol. The van der Waals surface area contributed by atoms with Gasteiger partial charge in [-0.25, -0.2) is 13.9 Å². The Labute approximate surface area is 226 Å². The molecule has 198 valence electrons. The topological polar surface area (TPSA) is 143 Å². The lowest BCUT2D eigenvalue weighted by atomic mass is 9.88. The van der Waals surface area contributed by atoms with Crippen molar-refractivity contribution in [1.82, 2.24) is 19.9 Å². The molecule has 4 N–H and O–H groups in total. The van der Waals surface area contributed by atoms with Crippen LogP contribution in [0.25, 0.3) is 5.69 Å². The molecule has 0 bridgehead atoms. The van der Waals surface area contributed by atoms with E-state index in [0.717, 1.165) is 15.8 Å². The number of hydrogen-bond acceptors (Lipinski definition) is 6. The molecule has 39 heavy (non-hydrogen) atoms. The average Bonchev–Trinajstić information content (AvgIpc) is 3.43. The number of carboxylic acid groups (broad SMARTS) is 1. The van der Waals surface area contributed by atoms with Crippen molar-refractivity contribution in [2.75, 3.05) is 11.9 Å². The molecule has 1 aliphatic heterocycles. The second-order valence-corrected chi connectivity index (χ2v) is 9.24. The van der Waals surface area contributed by atoms with Crippen molar-refractivity contribution < 1.29 is 23.9 Å². The highest BCUT2D eigenvalue weighted by molar-refractivity contribution is 6.30. The van der Waals surface area contributed by atoms with Crippen LogP contribution in [0.15, 0.2) is 66.9 Å². The third-order valence-electron chi connectivity index (χ3n) is 6.54. The highest BCUT2D eigenvalue weighted by atomic mass is 35.5. The molecule has 10 nitrogen and oxygen atoms in total. The largest absolute Gasteiger partial charge is 0.478 e. The van der Waals surface area contributed by atoms with Gasteiger partial charge in [0.1, 0.15) is 11.7 Å². The molecule has 0 saturated heterocycles. The van der Waals surface area contributed by atoms with Crippen molar-refractivity contribution in [3.8, 4) is 5.69 Å². The van der Waals surface area contributed by atoms with E-state index in [1.54, 1.807) is 18.2 Å².